The van der Waals surface area contributed by atoms with Gasteiger partial charge in [0.1, 0.15) is 0 Å². The second-order valence-electron chi connectivity index (χ2n) is 9.01. The van der Waals surface area contributed by atoms with Gasteiger partial charge in [0.05, 0.1) is 10.8 Å². The number of likely N-dealkylation sites (tertiary alicyclic amines) is 1. The molecule has 0 radical (unpaired) electrons. The summed E-state index contributed by atoms with van der Waals surface area (Å²) in [5.41, 5.74) is 0.553. The first-order valence-corrected chi connectivity index (χ1v) is 12.5. The Kier molecular flexibility index (Phi) is 6.16. The van der Waals surface area contributed by atoms with Crippen LogP contribution in [0, 0.1) is 11.8 Å². The zero-order valence-corrected chi connectivity index (χ0v) is 18.4. The summed E-state index contributed by atoms with van der Waals surface area (Å²) in [6, 6.07) is 6.65. The highest BCUT2D eigenvalue weighted by Gasteiger charge is 2.38. The number of hydrogen-bond donors (Lipinski definition) is 1. The van der Waals surface area contributed by atoms with E-state index in [9.17, 15) is 18.0 Å². The van der Waals surface area contributed by atoms with Crippen molar-refractivity contribution in [2.45, 2.75) is 62.8 Å². The Balaban J connectivity index is 1.37. The highest BCUT2D eigenvalue weighted by atomic mass is 32.2. The predicted octanol–water partition coefficient (Wildman–Crippen LogP) is 2.84. The molecule has 2 heterocycles. The molecule has 30 heavy (non-hydrogen) atoms. The molecule has 2 unspecified atom stereocenters. The summed E-state index contributed by atoms with van der Waals surface area (Å²) >= 11 is 0. The van der Waals surface area contributed by atoms with Gasteiger partial charge in [0, 0.05) is 37.8 Å². The van der Waals surface area contributed by atoms with Gasteiger partial charge in [-0.05, 0) is 55.9 Å². The number of nitrogens with one attached hydrogen (secondary N) is 1. The molecule has 2 amide bonds. The fourth-order valence-electron chi connectivity index (χ4n) is 4.94. The first kappa shape index (κ1) is 21.3. The van der Waals surface area contributed by atoms with Crippen LogP contribution in [0.3, 0.4) is 0 Å². The lowest BCUT2D eigenvalue weighted by molar-refractivity contribution is -0.129. The summed E-state index contributed by atoms with van der Waals surface area (Å²) in [4.78, 5) is 27.1. The Morgan fingerprint density at radius 1 is 1.03 bits per heavy atom. The maximum absolute atomic E-state index is 12.9. The van der Waals surface area contributed by atoms with Crippen molar-refractivity contribution in [2.24, 2.45) is 11.8 Å². The summed E-state index contributed by atoms with van der Waals surface area (Å²) in [5.74, 6) is -0.0927. The highest BCUT2D eigenvalue weighted by molar-refractivity contribution is 7.89. The highest BCUT2D eigenvalue weighted by Crippen LogP contribution is 2.30. The largest absolute Gasteiger partial charge is 0.339 e. The fourth-order valence-corrected chi connectivity index (χ4v) is 6.54. The number of sulfonamides is 1. The van der Waals surface area contributed by atoms with Crippen molar-refractivity contribution in [2.75, 3.05) is 25.0 Å². The number of benzene rings is 1. The van der Waals surface area contributed by atoms with E-state index in [1.165, 1.54) is 0 Å². The number of piperidine rings is 1. The van der Waals surface area contributed by atoms with E-state index in [-0.39, 0.29) is 35.1 Å². The van der Waals surface area contributed by atoms with Crippen LogP contribution < -0.4 is 5.32 Å². The number of rotatable bonds is 5. The number of amides is 2. The number of carbonyl (C=O) groups is 2. The minimum Gasteiger partial charge on any atom is -0.339 e. The SMILES string of the molecule is CC1CCCN(S(=O)(=O)c2ccc(NC(=O)C3CC(=O)N(C4CCCC4)C3)cc2)C1. The Bertz CT molecular complexity index is 893. The van der Waals surface area contributed by atoms with Crippen LogP contribution in [0.15, 0.2) is 29.2 Å². The molecule has 0 spiro atoms. The average molecular weight is 434 g/mol. The summed E-state index contributed by atoms with van der Waals surface area (Å²) in [7, 11) is -3.51. The predicted molar refractivity (Wildman–Crippen MR) is 114 cm³/mol. The smallest absolute Gasteiger partial charge is 0.243 e. The van der Waals surface area contributed by atoms with E-state index in [0.29, 0.717) is 31.2 Å². The summed E-state index contributed by atoms with van der Waals surface area (Å²) in [5, 5.41) is 2.85. The van der Waals surface area contributed by atoms with Gasteiger partial charge in [-0.3, -0.25) is 9.59 Å². The average Bonchev–Trinajstić information content (AvgIpc) is 3.38. The second kappa shape index (κ2) is 8.67. The van der Waals surface area contributed by atoms with Crippen molar-refractivity contribution in [3.05, 3.63) is 24.3 Å². The molecular weight excluding hydrogens is 402 g/mol. The maximum Gasteiger partial charge on any atom is 0.243 e. The van der Waals surface area contributed by atoms with E-state index in [1.54, 1.807) is 28.6 Å². The number of hydrogen-bond acceptors (Lipinski definition) is 4. The molecule has 2 saturated heterocycles. The summed E-state index contributed by atoms with van der Waals surface area (Å²) < 4.78 is 27.3. The van der Waals surface area contributed by atoms with Crippen LogP contribution in [0.5, 0.6) is 0 Å². The molecule has 3 aliphatic rings. The zero-order chi connectivity index (χ0) is 21.3. The van der Waals surface area contributed by atoms with Gasteiger partial charge in [-0.15, -0.1) is 0 Å². The number of carbonyl (C=O) groups excluding carboxylic acids is 2. The standard InChI is InChI=1S/C22H31N3O4S/c1-16-5-4-12-24(14-16)30(28,29)20-10-8-18(9-11-20)23-22(27)17-13-21(26)25(15-17)19-6-2-3-7-19/h8-11,16-17,19H,2-7,12-15H2,1H3,(H,23,27). The minimum absolute atomic E-state index is 0.0688. The van der Waals surface area contributed by atoms with E-state index in [1.807, 2.05) is 4.90 Å². The molecule has 2 atom stereocenters. The molecule has 0 aromatic heterocycles. The molecule has 7 nitrogen and oxygen atoms in total. The Morgan fingerprint density at radius 3 is 2.40 bits per heavy atom. The van der Waals surface area contributed by atoms with Gasteiger partial charge in [-0.1, -0.05) is 19.8 Å². The molecule has 1 aliphatic carbocycles. The van der Waals surface area contributed by atoms with Crippen molar-refractivity contribution >= 4 is 27.5 Å². The third-order valence-corrected chi connectivity index (χ3v) is 8.55. The molecule has 1 aromatic carbocycles. The lowest BCUT2D eigenvalue weighted by atomic mass is 10.0. The molecule has 1 aromatic rings. The van der Waals surface area contributed by atoms with Crippen molar-refractivity contribution in [1.82, 2.24) is 9.21 Å². The van der Waals surface area contributed by atoms with E-state index in [4.69, 9.17) is 0 Å². The number of anilines is 1. The molecule has 164 valence electrons. The van der Waals surface area contributed by atoms with E-state index in [2.05, 4.69) is 12.2 Å². The van der Waals surface area contributed by atoms with Gasteiger partial charge in [-0.25, -0.2) is 8.42 Å². The fraction of sp³-hybridized carbons (Fsp3) is 0.636. The first-order valence-electron chi connectivity index (χ1n) is 11.0. The Hall–Kier alpha value is -1.93. The second-order valence-corrected chi connectivity index (χ2v) is 10.9. The van der Waals surface area contributed by atoms with Gasteiger partial charge in [-0.2, -0.15) is 4.31 Å². The van der Waals surface area contributed by atoms with Gasteiger partial charge < -0.3 is 10.2 Å². The molecule has 2 aliphatic heterocycles. The lowest BCUT2D eigenvalue weighted by Crippen LogP contribution is -2.39. The topological polar surface area (TPSA) is 86.8 Å². The van der Waals surface area contributed by atoms with Gasteiger partial charge in [0.15, 0.2) is 0 Å². The third kappa shape index (κ3) is 4.39. The molecule has 0 bridgehead atoms. The summed E-state index contributed by atoms with van der Waals surface area (Å²) in [6.07, 6.45) is 6.55. The van der Waals surface area contributed by atoms with Gasteiger partial charge >= 0.3 is 0 Å². The Morgan fingerprint density at radius 2 is 1.73 bits per heavy atom. The van der Waals surface area contributed by atoms with Crippen LogP contribution in [-0.4, -0.2) is 55.1 Å². The van der Waals surface area contributed by atoms with E-state index >= 15 is 0 Å². The number of nitrogens with zero attached hydrogens (tertiary/aromatic N) is 2. The van der Waals surface area contributed by atoms with Crippen molar-refractivity contribution in [3.8, 4) is 0 Å². The maximum atomic E-state index is 12.9. The van der Waals surface area contributed by atoms with Crippen LogP contribution in [-0.2, 0) is 19.6 Å². The first-order chi connectivity index (χ1) is 14.3. The normalized spacial score (nSPS) is 26.3. The van der Waals surface area contributed by atoms with Crippen LogP contribution in [0.25, 0.3) is 0 Å². The third-order valence-electron chi connectivity index (χ3n) is 6.67. The zero-order valence-electron chi connectivity index (χ0n) is 17.5. The van der Waals surface area contributed by atoms with Gasteiger partial charge in [0.2, 0.25) is 21.8 Å². The van der Waals surface area contributed by atoms with Crippen molar-refractivity contribution < 1.29 is 18.0 Å². The Labute approximate surface area is 178 Å². The molecule has 1 saturated carbocycles. The molecule has 4 rings (SSSR count). The molecule has 8 heteroatoms. The molecule has 3 fully saturated rings. The molecule has 1 N–H and O–H groups in total. The van der Waals surface area contributed by atoms with Crippen LogP contribution >= 0.6 is 0 Å². The van der Waals surface area contributed by atoms with Crippen LogP contribution in [0.4, 0.5) is 5.69 Å². The molecular formula is C22H31N3O4S. The monoisotopic (exact) mass is 433 g/mol. The minimum atomic E-state index is -3.51. The van der Waals surface area contributed by atoms with Crippen LogP contribution in [0.2, 0.25) is 0 Å². The van der Waals surface area contributed by atoms with Crippen molar-refractivity contribution in [3.63, 3.8) is 0 Å². The van der Waals surface area contributed by atoms with Gasteiger partial charge in [0.25, 0.3) is 0 Å². The van der Waals surface area contributed by atoms with E-state index < -0.39 is 10.0 Å². The summed E-state index contributed by atoms with van der Waals surface area (Å²) in [6.45, 7) is 3.66. The lowest BCUT2D eigenvalue weighted by Gasteiger charge is -2.30. The van der Waals surface area contributed by atoms with E-state index in [0.717, 1.165) is 38.5 Å². The van der Waals surface area contributed by atoms with Crippen molar-refractivity contribution in [1.29, 1.82) is 0 Å². The van der Waals surface area contributed by atoms with Crippen LogP contribution in [0.1, 0.15) is 51.9 Å². The quantitative estimate of drug-likeness (QED) is 0.774.